The molecular weight excluding hydrogens is 272 g/mol. The lowest BCUT2D eigenvalue weighted by molar-refractivity contribution is 0.497. The number of aromatic nitrogens is 2. The largest absolute Gasteiger partial charge is 0.467 e. The predicted molar refractivity (Wildman–Crippen MR) is 87.7 cm³/mol. The molecule has 108 valence electrons. The van der Waals surface area contributed by atoms with Gasteiger partial charge in [-0.1, -0.05) is 36.4 Å². The van der Waals surface area contributed by atoms with Crippen LogP contribution in [0.4, 0.5) is 0 Å². The first kappa shape index (κ1) is 12.9. The average molecular weight is 288 g/mol. The molecule has 0 aliphatic rings. The van der Waals surface area contributed by atoms with Gasteiger partial charge in [0.2, 0.25) is 0 Å². The molecule has 0 N–H and O–H groups in total. The second-order valence-corrected chi connectivity index (χ2v) is 5.40. The van der Waals surface area contributed by atoms with Gasteiger partial charge in [-0.05, 0) is 36.8 Å². The summed E-state index contributed by atoms with van der Waals surface area (Å²) in [5.41, 5.74) is 4.51. The van der Waals surface area contributed by atoms with Gasteiger partial charge in [0, 0.05) is 5.56 Å². The third-order valence-corrected chi connectivity index (χ3v) is 3.93. The number of nitrogens with zero attached hydrogens (tertiary/aromatic N) is 2. The Kier molecular flexibility index (Phi) is 3.04. The van der Waals surface area contributed by atoms with E-state index in [2.05, 4.69) is 47.9 Å². The van der Waals surface area contributed by atoms with E-state index >= 15 is 0 Å². The number of fused-ring (bicyclic) bond motifs is 1. The van der Waals surface area contributed by atoms with Crippen molar-refractivity contribution in [2.75, 3.05) is 0 Å². The van der Waals surface area contributed by atoms with Gasteiger partial charge in [0.15, 0.2) is 0 Å². The predicted octanol–water partition coefficient (Wildman–Crippen LogP) is 4.65. The Bertz CT molecular complexity index is 920. The van der Waals surface area contributed by atoms with Gasteiger partial charge in [0.1, 0.15) is 11.6 Å². The van der Waals surface area contributed by atoms with Crippen LogP contribution in [0.1, 0.15) is 11.3 Å². The Balaban J connectivity index is 1.95. The van der Waals surface area contributed by atoms with Gasteiger partial charge in [-0.3, -0.25) is 0 Å². The van der Waals surface area contributed by atoms with Gasteiger partial charge >= 0.3 is 0 Å². The zero-order chi connectivity index (χ0) is 14.9. The summed E-state index contributed by atoms with van der Waals surface area (Å²) >= 11 is 0. The summed E-state index contributed by atoms with van der Waals surface area (Å²) in [4.78, 5) is 4.85. The maximum atomic E-state index is 5.53. The van der Waals surface area contributed by atoms with Crippen LogP contribution in [-0.2, 0) is 6.54 Å². The van der Waals surface area contributed by atoms with Crippen molar-refractivity contribution >= 4 is 11.0 Å². The lowest BCUT2D eigenvalue weighted by Gasteiger charge is -2.09. The SMILES string of the molecule is Cc1ccccc1-c1nc2ccccc2n1Cc1ccco1. The molecule has 2 aromatic heterocycles. The average Bonchev–Trinajstić information content (AvgIpc) is 3.17. The maximum absolute atomic E-state index is 5.53. The summed E-state index contributed by atoms with van der Waals surface area (Å²) in [5, 5.41) is 0. The molecule has 3 heteroatoms. The van der Waals surface area contributed by atoms with Crippen molar-refractivity contribution < 1.29 is 4.42 Å². The highest BCUT2D eigenvalue weighted by Gasteiger charge is 2.14. The molecule has 0 aliphatic heterocycles. The maximum Gasteiger partial charge on any atom is 0.141 e. The molecule has 4 aromatic rings. The van der Waals surface area contributed by atoms with Crippen LogP contribution < -0.4 is 0 Å². The van der Waals surface area contributed by atoms with Gasteiger partial charge in [-0.2, -0.15) is 0 Å². The second-order valence-electron chi connectivity index (χ2n) is 5.40. The molecule has 22 heavy (non-hydrogen) atoms. The normalized spacial score (nSPS) is 11.1. The van der Waals surface area contributed by atoms with E-state index in [1.807, 2.05) is 24.3 Å². The Morgan fingerprint density at radius 2 is 1.77 bits per heavy atom. The first-order valence-corrected chi connectivity index (χ1v) is 7.36. The Labute approximate surface area is 128 Å². The molecule has 4 rings (SSSR count). The summed E-state index contributed by atoms with van der Waals surface area (Å²) < 4.78 is 7.75. The molecule has 0 radical (unpaired) electrons. The van der Waals surface area contributed by atoms with Gasteiger partial charge in [0.05, 0.1) is 23.8 Å². The monoisotopic (exact) mass is 288 g/mol. The van der Waals surface area contributed by atoms with E-state index in [-0.39, 0.29) is 0 Å². The van der Waals surface area contributed by atoms with Crippen LogP contribution in [0.2, 0.25) is 0 Å². The van der Waals surface area contributed by atoms with E-state index in [1.54, 1.807) is 6.26 Å². The fourth-order valence-corrected chi connectivity index (χ4v) is 2.82. The van der Waals surface area contributed by atoms with Crippen LogP contribution in [-0.4, -0.2) is 9.55 Å². The van der Waals surface area contributed by atoms with E-state index in [0.717, 1.165) is 28.2 Å². The van der Waals surface area contributed by atoms with Crippen molar-refractivity contribution in [3.8, 4) is 11.4 Å². The van der Waals surface area contributed by atoms with Crippen LogP contribution >= 0.6 is 0 Å². The molecule has 0 amide bonds. The fourth-order valence-electron chi connectivity index (χ4n) is 2.82. The van der Waals surface area contributed by atoms with Gasteiger partial charge in [-0.25, -0.2) is 4.98 Å². The third-order valence-electron chi connectivity index (χ3n) is 3.93. The number of aryl methyl sites for hydroxylation is 1. The topological polar surface area (TPSA) is 31.0 Å². The molecule has 0 aliphatic carbocycles. The highest BCUT2D eigenvalue weighted by Crippen LogP contribution is 2.28. The minimum Gasteiger partial charge on any atom is -0.467 e. The zero-order valence-electron chi connectivity index (χ0n) is 12.4. The highest BCUT2D eigenvalue weighted by molar-refractivity contribution is 5.81. The number of hydrogen-bond donors (Lipinski definition) is 0. The number of furan rings is 1. The van der Waals surface area contributed by atoms with Crippen LogP contribution in [0.5, 0.6) is 0 Å². The molecular formula is C19H16N2O. The van der Waals surface area contributed by atoms with Gasteiger partial charge < -0.3 is 8.98 Å². The van der Waals surface area contributed by atoms with Crippen molar-refractivity contribution in [2.24, 2.45) is 0 Å². The molecule has 0 spiro atoms. The van der Waals surface area contributed by atoms with E-state index in [4.69, 9.17) is 9.40 Å². The first-order valence-electron chi connectivity index (χ1n) is 7.36. The van der Waals surface area contributed by atoms with Crippen LogP contribution in [0.25, 0.3) is 22.4 Å². The quantitative estimate of drug-likeness (QED) is 0.549. The molecule has 0 bridgehead atoms. The highest BCUT2D eigenvalue weighted by atomic mass is 16.3. The van der Waals surface area contributed by atoms with Crippen molar-refractivity contribution in [3.05, 3.63) is 78.3 Å². The standard InChI is InChI=1S/C19H16N2O/c1-14-7-2-3-9-16(14)19-20-17-10-4-5-11-18(17)21(19)13-15-8-6-12-22-15/h2-12H,13H2,1H3. The minimum atomic E-state index is 0.678. The summed E-state index contributed by atoms with van der Waals surface area (Å²) in [6.45, 7) is 2.79. The van der Waals surface area contributed by atoms with Crippen molar-refractivity contribution in [1.82, 2.24) is 9.55 Å². The second kappa shape index (κ2) is 5.19. The Morgan fingerprint density at radius 1 is 0.955 bits per heavy atom. The molecule has 0 fully saturated rings. The molecule has 0 saturated heterocycles. The van der Waals surface area contributed by atoms with E-state index in [9.17, 15) is 0 Å². The van der Waals surface area contributed by atoms with E-state index in [0.29, 0.717) is 6.54 Å². The van der Waals surface area contributed by atoms with E-state index in [1.165, 1.54) is 5.56 Å². The summed E-state index contributed by atoms with van der Waals surface area (Å²) in [6, 6.07) is 20.5. The first-order chi connectivity index (χ1) is 10.8. The summed E-state index contributed by atoms with van der Waals surface area (Å²) in [6.07, 6.45) is 1.71. The molecule has 2 heterocycles. The van der Waals surface area contributed by atoms with Crippen LogP contribution in [0, 0.1) is 6.92 Å². The number of rotatable bonds is 3. The van der Waals surface area contributed by atoms with Crippen LogP contribution in [0.3, 0.4) is 0 Å². The Hall–Kier alpha value is -2.81. The Morgan fingerprint density at radius 3 is 2.59 bits per heavy atom. The number of benzene rings is 2. The number of imidazole rings is 1. The van der Waals surface area contributed by atoms with E-state index < -0.39 is 0 Å². The minimum absolute atomic E-state index is 0.678. The third kappa shape index (κ3) is 2.11. The molecule has 3 nitrogen and oxygen atoms in total. The lowest BCUT2D eigenvalue weighted by atomic mass is 10.1. The van der Waals surface area contributed by atoms with Crippen molar-refractivity contribution in [1.29, 1.82) is 0 Å². The molecule has 2 aromatic carbocycles. The lowest BCUT2D eigenvalue weighted by Crippen LogP contribution is -2.02. The molecule has 0 unspecified atom stereocenters. The molecule has 0 atom stereocenters. The summed E-state index contributed by atoms with van der Waals surface area (Å²) in [7, 11) is 0. The van der Waals surface area contributed by atoms with Gasteiger partial charge in [-0.15, -0.1) is 0 Å². The fraction of sp³-hybridized carbons (Fsp3) is 0.105. The smallest absolute Gasteiger partial charge is 0.141 e. The van der Waals surface area contributed by atoms with Crippen molar-refractivity contribution in [3.63, 3.8) is 0 Å². The molecule has 0 saturated carbocycles. The summed E-state index contributed by atoms with van der Waals surface area (Å²) in [5.74, 6) is 1.91. The van der Waals surface area contributed by atoms with Crippen molar-refractivity contribution in [2.45, 2.75) is 13.5 Å². The zero-order valence-corrected chi connectivity index (χ0v) is 12.4. The number of hydrogen-bond acceptors (Lipinski definition) is 2. The van der Waals surface area contributed by atoms with Crippen LogP contribution in [0.15, 0.2) is 71.3 Å². The number of para-hydroxylation sites is 2. The van der Waals surface area contributed by atoms with Gasteiger partial charge in [0.25, 0.3) is 0 Å².